The lowest BCUT2D eigenvalue weighted by Crippen LogP contribution is -2.40. The first-order valence-corrected chi connectivity index (χ1v) is 10.7. The minimum atomic E-state index is -0.872. The van der Waals surface area contributed by atoms with Crippen molar-refractivity contribution in [3.8, 4) is 0 Å². The first-order chi connectivity index (χ1) is 15.2. The van der Waals surface area contributed by atoms with Crippen LogP contribution in [-0.2, 0) is 24.5 Å². The summed E-state index contributed by atoms with van der Waals surface area (Å²) in [4.78, 5) is 13.4. The molecule has 7 nitrogen and oxygen atoms in total. The molecule has 162 valence electrons. The molecule has 1 N–H and O–H groups in total. The molecule has 0 bridgehead atoms. The van der Waals surface area contributed by atoms with E-state index in [9.17, 15) is 9.90 Å². The molecule has 31 heavy (non-hydrogen) atoms. The van der Waals surface area contributed by atoms with E-state index in [4.69, 9.17) is 9.15 Å². The van der Waals surface area contributed by atoms with E-state index >= 15 is 0 Å². The molecule has 2 aromatic carbocycles. The summed E-state index contributed by atoms with van der Waals surface area (Å²) in [5, 5.41) is 18.0. The number of nitrogens with zero attached hydrogens (tertiary/aromatic N) is 3. The topological polar surface area (TPSA) is 88.7 Å². The van der Waals surface area contributed by atoms with E-state index < -0.39 is 6.09 Å². The van der Waals surface area contributed by atoms with Crippen LogP contribution in [0.3, 0.4) is 0 Å². The Labute approximate surface area is 181 Å². The number of carbonyl (C=O) groups is 1. The van der Waals surface area contributed by atoms with Crippen LogP contribution in [-0.4, -0.2) is 32.3 Å². The molecule has 1 aliphatic carbocycles. The Morgan fingerprint density at radius 3 is 2.23 bits per heavy atom. The van der Waals surface area contributed by atoms with Gasteiger partial charge in [-0.25, -0.2) is 4.79 Å². The van der Waals surface area contributed by atoms with Crippen molar-refractivity contribution in [2.24, 2.45) is 0 Å². The molecule has 4 rings (SSSR count). The highest BCUT2D eigenvalue weighted by atomic mass is 16.5. The second-order valence-electron chi connectivity index (χ2n) is 7.91. The SMILES string of the molecule is O=C(O)N(Cc1ccccc1)C1CCC(c2nnc(COCc3ccccc3)o2)CC1. The number of benzene rings is 2. The molecule has 0 aliphatic heterocycles. The van der Waals surface area contributed by atoms with Gasteiger partial charge in [-0.1, -0.05) is 60.7 Å². The van der Waals surface area contributed by atoms with Crippen molar-refractivity contribution in [1.82, 2.24) is 15.1 Å². The highest BCUT2D eigenvalue weighted by Crippen LogP contribution is 2.34. The third kappa shape index (κ3) is 5.70. The Kier molecular flexibility index (Phi) is 6.94. The minimum Gasteiger partial charge on any atom is -0.465 e. The summed E-state index contributed by atoms with van der Waals surface area (Å²) in [5.41, 5.74) is 2.10. The lowest BCUT2D eigenvalue weighted by atomic mass is 9.85. The molecule has 0 spiro atoms. The molecular formula is C24H27N3O4. The van der Waals surface area contributed by atoms with E-state index in [1.807, 2.05) is 60.7 Å². The highest BCUT2D eigenvalue weighted by Gasteiger charge is 2.31. The van der Waals surface area contributed by atoms with Gasteiger partial charge in [-0.3, -0.25) is 0 Å². The third-order valence-electron chi connectivity index (χ3n) is 5.75. The van der Waals surface area contributed by atoms with E-state index in [-0.39, 0.29) is 18.6 Å². The van der Waals surface area contributed by atoms with E-state index in [1.54, 1.807) is 4.90 Å². The van der Waals surface area contributed by atoms with E-state index in [1.165, 1.54) is 0 Å². The summed E-state index contributed by atoms with van der Waals surface area (Å²) in [7, 11) is 0. The van der Waals surface area contributed by atoms with Crippen LogP contribution in [0.1, 0.15) is 54.5 Å². The Bertz CT molecular complexity index is 953. The zero-order chi connectivity index (χ0) is 21.5. The van der Waals surface area contributed by atoms with Crippen molar-refractivity contribution < 1.29 is 19.1 Å². The van der Waals surface area contributed by atoms with Crippen LogP contribution in [0.25, 0.3) is 0 Å². The highest BCUT2D eigenvalue weighted by molar-refractivity contribution is 5.65. The molecule has 0 unspecified atom stereocenters. The summed E-state index contributed by atoms with van der Waals surface area (Å²) >= 11 is 0. The molecular weight excluding hydrogens is 394 g/mol. The standard InChI is InChI=1S/C24H27N3O4/c28-24(29)27(15-18-7-3-1-4-8-18)21-13-11-20(12-14-21)23-26-25-22(31-23)17-30-16-19-9-5-2-6-10-19/h1-10,20-21H,11-17H2,(H,28,29). The lowest BCUT2D eigenvalue weighted by molar-refractivity contribution is 0.0867. The second kappa shape index (κ2) is 10.2. The van der Waals surface area contributed by atoms with E-state index in [2.05, 4.69) is 10.2 Å². The van der Waals surface area contributed by atoms with Crippen molar-refractivity contribution in [3.05, 3.63) is 83.6 Å². The Morgan fingerprint density at radius 2 is 1.58 bits per heavy atom. The maximum atomic E-state index is 11.8. The van der Waals surface area contributed by atoms with Crippen molar-refractivity contribution in [1.29, 1.82) is 0 Å². The fourth-order valence-corrected chi connectivity index (χ4v) is 4.09. The molecule has 1 heterocycles. The normalized spacial score (nSPS) is 18.6. The lowest BCUT2D eigenvalue weighted by Gasteiger charge is -2.34. The summed E-state index contributed by atoms with van der Waals surface area (Å²) in [6.07, 6.45) is 2.35. The zero-order valence-electron chi connectivity index (χ0n) is 17.4. The third-order valence-corrected chi connectivity index (χ3v) is 5.75. The Hall–Kier alpha value is -3.19. The number of ether oxygens (including phenoxy) is 1. The number of aromatic nitrogens is 2. The monoisotopic (exact) mass is 421 g/mol. The Balaban J connectivity index is 1.27. The Morgan fingerprint density at radius 1 is 0.935 bits per heavy atom. The van der Waals surface area contributed by atoms with Crippen molar-refractivity contribution in [2.45, 2.75) is 57.4 Å². The van der Waals surface area contributed by atoms with Crippen LogP contribution in [0.2, 0.25) is 0 Å². The molecule has 1 fully saturated rings. The van der Waals surface area contributed by atoms with E-state index in [0.29, 0.717) is 24.9 Å². The number of hydrogen-bond donors (Lipinski definition) is 1. The maximum Gasteiger partial charge on any atom is 0.407 e. The fraction of sp³-hybridized carbons (Fsp3) is 0.375. The number of amides is 1. The van der Waals surface area contributed by atoms with Crippen molar-refractivity contribution >= 4 is 6.09 Å². The molecule has 1 aromatic heterocycles. The summed E-state index contributed by atoms with van der Waals surface area (Å²) < 4.78 is 11.5. The molecule has 0 atom stereocenters. The molecule has 1 amide bonds. The molecule has 3 aromatic rings. The number of carboxylic acid groups (broad SMARTS) is 1. The minimum absolute atomic E-state index is 0.00514. The molecule has 7 heteroatoms. The summed E-state index contributed by atoms with van der Waals surface area (Å²) in [6, 6.07) is 19.7. The molecule has 0 radical (unpaired) electrons. The van der Waals surface area contributed by atoms with E-state index in [0.717, 1.165) is 36.8 Å². The molecule has 1 aliphatic rings. The predicted molar refractivity (Wildman–Crippen MR) is 114 cm³/mol. The van der Waals surface area contributed by atoms with Gasteiger partial charge in [-0.15, -0.1) is 10.2 Å². The summed E-state index contributed by atoms with van der Waals surface area (Å²) in [5.74, 6) is 1.27. The number of rotatable bonds is 8. The zero-order valence-corrected chi connectivity index (χ0v) is 17.4. The fourth-order valence-electron chi connectivity index (χ4n) is 4.09. The van der Waals surface area contributed by atoms with Gasteiger partial charge in [0.1, 0.15) is 6.61 Å². The smallest absolute Gasteiger partial charge is 0.407 e. The molecule has 0 saturated heterocycles. The van der Waals surface area contributed by atoms with Gasteiger partial charge in [0.25, 0.3) is 0 Å². The van der Waals surface area contributed by atoms with Crippen LogP contribution >= 0.6 is 0 Å². The maximum absolute atomic E-state index is 11.8. The average molecular weight is 421 g/mol. The van der Waals surface area contributed by atoms with Crippen LogP contribution in [0.15, 0.2) is 65.1 Å². The van der Waals surface area contributed by atoms with Crippen LogP contribution < -0.4 is 0 Å². The summed E-state index contributed by atoms with van der Waals surface area (Å²) in [6.45, 7) is 1.19. The first kappa shape index (κ1) is 21.1. The van der Waals surface area contributed by atoms with Gasteiger partial charge in [0.15, 0.2) is 0 Å². The first-order valence-electron chi connectivity index (χ1n) is 10.7. The number of hydrogen-bond acceptors (Lipinski definition) is 5. The van der Waals surface area contributed by atoms with Gasteiger partial charge in [0.05, 0.1) is 6.61 Å². The van der Waals surface area contributed by atoms with Crippen molar-refractivity contribution in [3.63, 3.8) is 0 Å². The van der Waals surface area contributed by atoms with Gasteiger partial charge in [-0.2, -0.15) is 0 Å². The van der Waals surface area contributed by atoms with Gasteiger partial charge in [0, 0.05) is 18.5 Å². The molecule has 1 saturated carbocycles. The predicted octanol–water partition coefficient (Wildman–Crippen LogP) is 4.99. The van der Waals surface area contributed by atoms with Crippen LogP contribution in [0, 0.1) is 0 Å². The quantitative estimate of drug-likeness (QED) is 0.551. The van der Waals surface area contributed by atoms with Crippen LogP contribution in [0.4, 0.5) is 4.79 Å². The average Bonchev–Trinajstić information content (AvgIpc) is 3.28. The van der Waals surface area contributed by atoms with Gasteiger partial charge < -0.3 is 19.2 Å². The van der Waals surface area contributed by atoms with Gasteiger partial charge in [0.2, 0.25) is 11.8 Å². The second-order valence-corrected chi connectivity index (χ2v) is 7.91. The van der Waals surface area contributed by atoms with Gasteiger partial charge >= 0.3 is 6.09 Å². The van der Waals surface area contributed by atoms with Gasteiger partial charge in [-0.05, 0) is 36.8 Å². The van der Waals surface area contributed by atoms with Crippen LogP contribution in [0.5, 0.6) is 0 Å². The largest absolute Gasteiger partial charge is 0.465 e. The van der Waals surface area contributed by atoms with Crippen molar-refractivity contribution in [2.75, 3.05) is 0 Å².